The Morgan fingerprint density at radius 2 is 0.879 bits per heavy atom. The number of ether oxygens (including phenoxy) is 3. The van der Waals surface area contributed by atoms with Crippen molar-refractivity contribution in [3.05, 3.63) is 122 Å². The van der Waals surface area contributed by atoms with Gasteiger partial charge in [0.15, 0.2) is 12.1 Å². The number of nitrogens with zero attached hydrogens (tertiary/aromatic N) is 1. The fraction of sp³-hybridized carbons (Fsp3) is 0.540. The van der Waals surface area contributed by atoms with E-state index >= 15 is 0 Å². The van der Waals surface area contributed by atoms with Gasteiger partial charge in [0.05, 0.1) is 34.4 Å². The molecular formula is C50H78NO7+. The highest BCUT2D eigenvalue weighted by molar-refractivity contribution is 5.72. The van der Waals surface area contributed by atoms with E-state index in [0.29, 0.717) is 19.3 Å². The molecule has 0 saturated carbocycles. The van der Waals surface area contributed by atoms with Crippen molar-refractivity contribution in [1.29, 1.82) is 0 Å². The molecule has 0 bridgehead atoms. The Kier molecular flexibility index (Phi) is 36.6. The zero-order chi connectivity index (χ0) is 42.8. The second kappa shape index (κ2) is 39.6. The summed E-state index contributed by atoms with van der Waals surface area (Å²) in [7, 11) is 5.47. The summed E-state index contributed by atoms with van der Waals surface area (Å²) in [6.07, 6.45) is 55.6. The molecule has 0 fully saturated rings. The number of allylic oxidation sites excluding steroid dienone is 20. The molecule has 0 saturated heterocycles. The second-order valence-corrected chi connectivity index (χ2v) is 14.8. The molecule has 58 heavy (non-hydrogen) atoms. The van der Waals surface area contributed by atoms with Crippen molar-refractivity contribution in [2.75, 3.05) is 41.0 Å². The highest BCUT2D eigenvalue weighted by Gasteiger charge is 2.31. The number of hydrogen-bond donors (Lipinski definition) is 1. The molecule has 1 N–H and O–H groups in total. The molecule has 0 rings (SSSR count). The molecular weight excluding hydrogens is 727 g/mol. The van der Waals surface area contributed by atoms with Crippen LogP contribution in [0.15, 0.2) is 122 Å². The van der Waals surface area contributed by atoms with E-state index in [1.807, 2.05) is 21.1 Å². The fourth-order valence-corrected chi connectivity index (χ4v) is 5.34. The molecule has 0 aromatic heterocycles. The summed E-state index contributed by atoms with van der Waals surface area (Å²) in [5, 5.41) is 9.61. The Hall–Kier alpha value is -4.27. The number of unbranched alkanes of at least 4 members (excludes halogenated alkanes) is 2. The van der Waals surface area contributed by atoms with Crippen molar-refractivity contribution in [2.24, 2.45) is 0 Å². The highest BCUT2D eigenvalue weighted by atomic mass is 16.6. The van der Waals surface area contributed by atoms with E-state index < -0.39 is 18.1 Å². The Morgan fingerprint density at radius 1 is 0.517 bits per heavy atom. The summed E-state index contributed by atoms with van der Waals surface area (Å²) in [4.78, 5) is 36.9. The van der Waals surface area contributed by atoms with Gasteiger partial charge in [-0.15, -0.1) is 0 Å². The third-order valence-corrected chi connectivity index (χ3v) is 8.61. The lowest BCUT2D eigenvalue weighted by atomic mass is 10.1. The summed E-state index contributed by atoms with van der Waals surface area (Å²) in [6, 6.07) is -0.640. The number of carboxylic acid groups (broad SMARTS) is 1. The van der Waals surface area contributed by atoms with Crippen molar-refractivity contribution in [1.82, 2.24) is 0 Å². The van der Waals surface area contributed by atoms with E-state index in [4.69, 9.17) is 14.2 Å². The summed E-state index contributed by atoms with van der Waals surface area (Å²) < 4.78 is 17.1. The van der Waals surface area contributed by atoms with Crippen molar-refractivity contribution in [3.63, 3.8) is 0 Å². The third-order valence-electron chi connectivity index (χ3n) is 8.61. The number of carbonyl (C=O) groups is 3. The number of hydrogen-bond acceptors (Lipinski definition) is 6. The lowest BCUT2D eigenvalue weighted by molar-refractivity contribution is -0.887. The van der Waals surface area contributed by atoms with Gasteiger partial charge in [0.25, 0.3) is 0 Å². The highest BCUT2D eigenvalue weighted by Crippen LogP contribution is 2.10. The molecule has 0 radical (unpaired) electrons. The molecule has 2 atom stereocenters. The molecule has 0 aromatic rings. The zero-order valence-corrected chi connectivity index (χ0v) is 36.7. The van der Waals surface area contributed by atoms with Gasteiger partial charge in [0.1, 0.15) is 6.61 Å². The van der Waals surface area contributed by atoms with Gasteiger partial charge in [-0.05, 0) is 89.9 Å². The lowest BCUT2D eigenvalue weighted by Gasteiger charge is -2.31. The van der Waals surface area contributed by atoms with E-state index in [9.17, 15) is 19.5 Å². The Bertz CT molecular complexity index is 1350. The van der Waals surface area contributed by atoms with Crippen LogP contribution in [0.25, 0.3) is 0 Å². The Morgan fingerprint density at radius 3 is 1.24 bits per heavy atom. The lowest BCUT2D eigenvalue weighted by Crippen LogP contribution is -2.50. The van der Waals surface area contributed by atoms with Gasteiger partial charge in [-0.2, -0.15) is 0 Å². The first kappa shape index (κ1) is 53.7. The molecule has 0 amide bonds. The minimum absolute atomic E-state index is 0.0128. The van der Waals surface area contributed by atoms with Crippen LogP contribution in [0.4, 0.5) is 0 Å². The van der Waals surface area contributed by atoms with Gasteiger partial charge in [-0.25, -0.2) is 4.79 Å². The van der Waals surface area contributed by atoms with Gasteiger partial charge in [-0.1, -0.05) is 135 Å². The SMILES string of the molecule is CC/C=C/C/C=C/C/C=C/C/C=C/C/C=C/C/C=C/C/C=C/CCCC(=O)OC(COCCC(C(=O)O)[N+](C)(C)C)COC(=O)CCC/C=C/C/C=C/C/C=C/CC. The largest absolute Gasteiger partial charge is 0.477 e. The van der Waals surface area contributed by atoms with Crippen LogP contribution in [0.5, 0.6) is 0 Å². The van der Waals surface area contributed by atoms with E-state index in [-0.39, 0.29) is 49.1 Å². The van der Waals surface area contributed by atoms with E-state index in [1.165, 1.54) is 0 Å². The Balaban J connectivity index is 4.51. The number of likely N-dealkylation sites (N-methyl/N-ethyl adjacent to an activating group) is 1. The van der Waals surface area contributed by atoms with Crippen molar-refractivity contribution >= 4 is 17.9 Å². The molecule has 324 valence electrons. The first-order chi connectivity index (χ1) is 28.1. The number of carbonyl (C=O) groups excluding carboxylic acids is 2. The van der Waals surface area contributed by atoms with Gasteiger partial charge in [0, 0.05) is 19.3 Å². The number of aliphatic carboxylic acids is 1. The minimum atomic E-state index is -0.898. The molecule has 0 aliphatic heterocycles. The topological polar surface area (TPSA) is 99.1 Å². The van der Waals surface area contributed by atoms with Crippen molar-refractivity contribution in [2.45, 2.75) is 135 Å². The first-order valence-electron chi connectivity index (χ1n) is 21.6. The van der Waals surface area contributed by atoms with E-state index in [2.05, 4.69) is 135 Å². The molecule has 2 unspecified atom stereocenters. The zero-order valence-electron chi connectivity index (χ0n) is 36.7. The van der Waals surface area contributed by atoms with Crippen LogP contribution in [-0.4, -0.2) is 80.6 Å². The Labute approximate surface area is 352 Å². The summed E-state index contributed by atoms with van der Waals surface area (Å²) in [5.74, 6) is -1.64. The average molecular weight is 805 g/mol. The normalized spacial score (nSPS) is 14.2. The molecule has 8 nitrogen and oxygen atoms in total. The fourth-order valence-electron chi connectivity index (χ4n) is 5.34. The monoisotopic (exact) mass is 805 g/mol. The van der Waals surface area contributed by atoms with Gasteiger partial charge < -0.3 is 23.8 Å². The standard InChI is InChI=1S/C50H77NO7/c1-6-8-10-12-14-16-18-19-20-21-22-23-24-25-26-27-28-29-31-33-35-37-39-41-49(53)58-46(44-56-43-42-47(50(54)55)51(3,4)5)45-57-48(52)40-38-36-34-32-30-17-15-13-11-9-7-2/h8-11,14-17,19-20,22-23,25-26,28-29,32-35,46-47H,6-7,12-13,18,21,24,27,30-31,36-45H2,1-5H3/p+1/b10-8+,11-9+,16-14+,17-15+,20-19+,23-22+,26-25+,29-28+,34-32+,35-33+. The number of rotatable bonds is 36. The van der Waals surface area contributed by atoms with Crippen LogP contribution >= 0.6 is 0 Å². The van der Waals surface area contributed by atoms with E-state index in [1.54, 1.807) is 0 Å². The average Bonchev–Trinajstić information content (AvgIpc) is 3.18. The summed E-state index contributed by atoms with van der Waals surface area (Å²) in [6.45, 7) is 4.34. The maximum Gasteiger partial charge on any atom is 0.362 e. The number of carboxylic acids is 1. The maximum atomic E-state index is 12.7. The molecule has 0 aliphatic carbocycles. The van der Waals surface area contributed by atoms with Gasteiger partial charge in [0.2, 0.25) is 0 Å². The van der Waals surface area contributed by atoms with E-state index in [0.717, 1.165) is 77.0 Å². The molecule has 0 spiro atoms. The smallest absolute Gasteiger partial charge is 0.362 e. The van der Waals surface area contributed by atoms with Crippen molar-refractivity contribution in [3.8, 4) is 0 Å². The summed E-state index contributed by atoms with van der Waals surface area (Å²) in [5.41, 5.74) is 0. The third kappa shape index (κ3) is 37.3. The number of esters is 2. The van der Waals surface area contributed by atoms with Crippen LogP contribution in [0.3, 0.4) is 0 Å². The molecule has 0 aromatic carbocycles. The minimum Gasteiger partial charge on any atom is -0.477 e. The number of quaternary nitrogens is 1. The molecule has 8 heteroatoms. The summed E-state index contributed by atoms with van der Waals surface area (Å²) >= 11 is 0. The molecule has 0 aliphatic rings. The predicted octanol–water partition coefficient (Wildman–Crippen LogP) is 11.9. The maximum absolute atomic E-state index is 12.7. The molecule has 0 heterocycles. The first-order valence-corrected chi connectivity index (χ1v) is 21.6. The van der Waals surface area contributed by atoms with Crippen LogP contribution in [0, 0.1) is 0 Å². The quantitative estimate of drug-likeness (QED) is 0.0291. The van der Waals surface area contributed by atoms with Crippen LogP contribution in [0.1, 0.15) is 123 Å². The van der Waals surface area contributed by atoms with Gasteiger partial charge >= 0.3 is 17.9 Å². The second-order valence-electron chi connectivity index (χ2n) is 14.8. The van der Waals surface area contributed by atoms with Crippen LogP contribution < -0.4 is 0 Å². The van der Waals surface area contributed by atoms with Crippen molar-refractivity contribution < 1.29 is 38.2 Å². The van der Waals surface area contributed by atoms with Crippen LogP contribution in [0.2, 0.25) is 0 Å². The predicted molar refractivity (Wildman–Crippen MR) is 242 cm³/mol. The van der Waals surface area contributed by atoms with Crippen LogP contribution in [-0.2, 0) is 28.6 Å². The van der Waals surface area contributed by atoms with Gasteiger partial charge in [-0.3, -0.25) is 9.59 Å².